The summed E-state index contributed by atoms with van der Waals surface area (Å²) in [6, 6.07) is 6.74. The Kier molecular flexibility index (Phi) is 7.92. The van der Waals surface area contributed by atoms with Crippen molar-refractivity contribution in [2.24, 2.45) is 5.92 Å². The molecule has 0 aliphatic carbocycles. The van der Waals surface area contributed by atoms with Crippen molar-refractivity contribution in [3.05, 3.63) is 58.7 Å². The van der Waals surface area contributed by atoms with E-state index in [9.17, 15) is 26.3 Å². The molecule has 0 radical (unpaired) electrons. The summed E-state index contributed by atoms with van der Waals surface area (Å²) < 4.78 is 90.1. The van der Waals surface area contributed by atoms with Crippen molar-refractivity contribution < 1.29 is 35.8 Å². The van der Waals surface area contributed by atoms with Crippen LogP contribution in [0.5, 0.6) is 11.5 Å². The topological polar surface area (TPSA) is 66.2 Å². The minimum atomic E-state index is -4.64. The Morgan fingerprint density at radius 2 is 1.31 bits per heavy atom. The largest absolute Gasteiger partial charge is 0.493 e. The molecule has 0 spiro atoms. The Balaban J connectivity index is 2.04. The lowest BCUT2D eigenvalue weighted by atomic mass is 9.96. The summed E-state index contributed by atoms with van der Waals surface area (Å²) >= 11 is 0. The SMILES string of the molecule is CC(COc1ccc(C=N)c(C(F)(F)F)c1)COc1ccc(C(C)C=N)c(C(F)(F)F)c1. The van der Waals surface area contributed by atoms with E-state index in [1.807, 2.05) is 0 Å². The van der Waals surface area contributed by atoms with Gasteiger partial charge in [0.05, 0.1) is 24.3 Å². The van der Waals surface area contributed by atoms with Gasteiger partial charge in [0.25, 0.3) is 0 Å². The maximum atomic E-state index is 13.4. The van der Waals surface area contributed by atoms with Crippen molar-refractivity contribution >= 4 is 12.4 Å². The van der Waals surface area contributed by atoms with E-state index < -0.39 is 29.4 Å². The Hall–Kier alpha value is -3.04. The van der Waals surface area contributed by atoms with Gasteiger partial charge >= 0.3 is 12.4 Å². The fraction of sp³-hybridized carbons (Fsp3) is 0.364. The molecule has 0 aliphatic heterocycles. The van der Waals surface area contributed by atoms with Gasteiger partial charge in [-0.25, -0.2) is 0 Å². The number of halogens is 6. The van der Waals surface area contributed by atoms with Crippen LogP contribution in [0.3, 0.4) is 0 Å². The van der Waals surface area contributed by atoms with Gasteiger partial charge in [-0.15, -0.1) is 0 Å². The minimum Gasteiger partial charge on any atom is -0.493 e. The predicted octanol–water partition coefficient (Wildman–Crippen LogP) is 6.57. The molecule has 2 atom stereocenters. The highest BCUT2D eigenvalue weighted by Gasteiger charge is 2.35. The number of hydrogen-bond donors (Lipinski definition) is 2. The van der Waals surface area contributed by atoms with Crippen molar-refractivity contribution in [1.29, 1.82) is 10.8 Å². The van der Waals surface area contributed by atoms with Crippen molar-refractivity contribution in [3.8, 4) is 11.5 Å². The first-order chi connectivity index (χ1) is 14.9. The normalized spacial score (nSPS) is 13.9. The Bertz CT molecular complexity index is 956. The maximum absolute atomic E-state index is 13.4. The van der Waals surface area contributed by atoms with E-state index in [0.29, 0.717) is 6.21 Å². The molecule has 2 N–H and O–H groups in total. The zero-order chi connectivity index (χ0) is 24.1. The van der Waals surface area contributed by atoms with Crippen LogP contribution in [0.4, 0.5) is 26.3 Å². The lowest BCUT2D eigenvalue weighted by molar-refractivity contribution is -0.138. The number of benzene rings is 2. The lowest BCUT2D eigenvalue weighted by Crippen LogP contribution is -2.18. The van der Waals surface area contributed by atoms with E-state index in [1.165, 1.54) is 25.1 Å². The molecule has 0 amide bonds. The Labute approximate surface area is 181 Å². The number of hydrogen-bond acceptors (Lipinski definition) is 4. The van der Waals surface area contributed by atoms with E-state index in [1.54, 1.807) is 6.92 Å². The molecule has 0 saturated carbocycles. The molecule has 4 nitrogen and oxygen atoms in total. The van der Waals surface area contributed by atoms with Gasteiger partial charge in [-0.05, 0) is 35.9 Å². The molecular weight excluding hydrogens is 438 g/mol. The predicted molar refractivity (Wildman–Crippen MR) is 108 cm³/mol. The van der Waals surface area contributed by atoms with Crippen LogP contribution in [0.15, 0.2) is 36.4 Å². The second-order valence-corrected chi connectivity index (χ2v) is 7.32. The van der Waals surface area contributed by atoms with Crippen molar-refractivity contribution in [2.75, 3.05) is 13.2 Å². The van der Waals surface area contributed by atoms with Crippen LogP contribution in [-0.2, 0) is 12.4 Å². The van der Waals surface area contributed by atoms with E-state index in [2.05, 4.69) is 0 Å². The first-order valence-corrected chi connectivity index (χ1v) is 9.55. The fourth-order valence-electron chi connectivity index (χ4n) is 2.88. The standard InChI is InChI=1S/C22H22F6N2O2/c1-13(11-31-16-4-3-15(10-30)19(7-16)21(23,24)25)12-32-17-5-6-18(14(2)9-29)20(8-17)22(26,27)28/h3-10,13-14,29-30H,11-12H2,1-2H3. The summed E-state index contributed by atoms with van der Waals surface area (Å²) in [5.74, 6) is -1.12. The van der Waals surface area contributed by atoms with Crippen LogP contribution in [0.2, 0.25) is 0 Å². The highest BCUT2D eigenvalue weighted by Crippen LogP contribution is 2.37. The van der Waals surface area contributed by atoms with Crippen LogP contribution in [0, 0.1) is 16.7 Å². The van der Waals surface area contributed by atoms with Gasteiger partial charge < -0.3 is 20.3 Å². The Morgan fingerprint density at radius 3 is 1.78 bits per heavy atom. The zero-order valence-corrected chi connectivity index (χ0v) is 17.3. The summed E-state index contributed by atoms with van der Waals surface area (Å²) in [5.41, 5.74) is -2.21. The number of rotatable bonds is 9. The second kappa shape index (κ2) is 10.1. The molecular formula is C22H22F6N2O2. The zero-order valence-electron chi connectivity index (χ0n) is 17.3. The molecule has 2 unspecified atom stereocenters. The molecule has 0 saturated heterocycles. The maximum Gasteiger partial charge on any atom is 0.417 e. The first-order valence-electron chi connectivity index (χ1n) is 9.55. The van der Waals surface area contributed by atoms with Crippen LogP contribution in [0.25, 0.3) is 0 Å². The number of ether oxygens (including phenoxy) is 2. The summed E-state index contributed by atoms with van der Waals surface area (Å²) in [6.45, 7) is 3.10. The fourth-order valence-corrected chi connectivity index (χ4v) is 2.88. The molecule has 10 heteroatoms. The molecule has 0 aromatic heterocycles. The molecule has 0 aliphatic rings. The van der Waals surface area contributed by atoms with Crippen LogP contribution >= 0.6 is 0 Å². The van der Waals surface area contributed by atoms with E-state index in [4.69, 9.17) is 20.3 Å². The monoisotopic (exact) mass is 460 g/mol. The molecule has 0 bridgehead atoms. The van der Waals surface area contributed by atoms with Crippen molar-refractivity contribution in [1.82, 2.24) is 0 Å². The third-order valence-electron chi connectivity index (χ3n) is 4.63. The van der Waals surface area contributed by atoms with Gasteiger partial charge in [0.15, 0.2) is 0 Å². The molecule has 2 aromatic rings. The molecule has 0 fully saturated rings. The summed E-state index contributed by atoms with van der Waals surface area (Å²) in [6.07, 6.45) is -7.73. The highest BCUT2D eigenvalue weighted by atomic mass is 19.4. The van der Waals surface area contributed by atoms with Crippen molar-refractivity contribution in [2.45, 2.75) is 32.1 Å². The first kappa shape index (κ1) is 25.2. The summed E-state index contributed by atoms with van der Waals surface area (Å²) in [5, 5.41) is 14.3. The minimum absolute atomic E-state index is 0.0141. The van der Waals surface area contributed by atoms with Gasteiger partial charge in [0.1, 0.15) is 11.5 Å². The van der Waals surface area contributed by atoms with E-state index in [-0.39, 0.29) is 41.8 Å². The van der Waals surface area contributed by atoms with E-state index in [0.717, 1.165) is 24.4 Å². The lowest BCUT2D eigenvalue weighted by Gasteiger charge is -2.19. The molecule has 0 heterocycles. The van der Waals surface area contributed by atoms with E-state index >= 15 is 0 Å². The molecule has 174 valence electrons. The number of alkyl halides is 6. The third kappa shape index (κ3) is 6.48. The van der Waals surface area contributed by atoms with Gasteiger partial charge in [0, 0.05) is 29.8 Å². The summed E-state index contributed by atoms with van der Waals surface area (Å²) in [4.78, 5) is 0. The second-order valence-electron chi connectivity index (χ2n) is 7.32. The summed E-state index contributed by atoms with van der Waals surface area (Å²) in [7, 11) is 0. The highest BCUT2D eigenvalue weighted by molar-refractivity contribution is 5.80. The van der Waals surface area contributed by atoms with Crippen LogP contribution in [-0.4, -0.2) is 25.6 Å². The average Bonchev–Trinajstić information content (AvgIpc) is 2.74. The molecule has 2 rings (SSSR count). The quantitative estimate of drug-likeness (QED) is 0.328. The van der Waals surface area contributed by atoms with Gasteiger partial charge in [0.2, 0.25) is 0 Å². The van der Waals surface area contributed by atoms with Crippen molar-refractivity contribution in [3.63, 3.8) is 0 Å². The van der Waals surface area contributed by atoms with Crippen LogP contribution < -0.4 is 9.47 Å². The Morgan fingerprint density at radius 1 is 0.812 bits per heavy atom. The molecule has 32 heavy (non-hydrogen) atoms. The third-order valence-corrected chi connectivity index (χ3v) is 4.63. The van der Waals surface area contributed by atoms with Gasteiger partial charge in [-0.2, -0.15) is 26.3 Å². The molecule has 2 aromatic carbocycles. The van der Waals surface area contributed by atoms with Gasteiger partial charge in [-0.1, -0.05) is 19.9 Å². The smallest absolute Gasteiger partial charge is 0.417 e. The van der Waals surface area contributed by atoms with Crippen LogP contribution in [0.1, 0.15) is 42.0 Å². The average molecular weight is 460 g/mol. The van der Waals surface area contributed by atoms with Gasteiger partial charge in [-0.3, -0.25) is 0 Å². The number of nitrogens with one attached hydrogen (secondary N) is 2.